The predicted molar refractivity (Wildman–Crippen MR) is 139 cm³/mol. The van der Waals surface area contributed by atoms with Crippen LogP contribution in [0.3, 0.4) is 0 Å². The van der Waals surface area contributed by atoms with Crippen molar-refractivity contribution in [3.8, 4) is 6.01 Å². The first-order valence-electron chi connectivity index (χ1n) is 12.0. The van der Waals surface area contributed by atoms with Crippen LogP contribution in [0, 0.1) is 0 Å². The van der Waals surface area contributed by atoms with Crippen LogP contribution >= 0.6 is 11.6 Å². The van der Waals surface area contributed by atoms with Gasteiger partial charge in [0.05, 0.1) is 23.8 Å². The fraction of sp³-hybridized carbons (Fsp3) is 0.423. The number of nitrogens with zero attached hydrogens (tertiary/aromatic N) is 5. The molecule has 1 aromatic heterocycles. The van der Waals surface area contributed by atoms with Crippen molar-refractivity contribution < 1.29 is 9.53 Å². The number of halogens is 1. The summed E-state index contributed by atoms with van der Waals surface area (Å²) in [5, 5.41) is 2.88. The molecule has 0 aliphatic carbocycles. The van der Waals surface area contributed by atoms with Crippen molar-refractivity contribution in [2.45, 2.75) is 31.8 Å². The molecule has 2 aliphatic rings. The van der Waals surface area contributed by atoms with Gasteiger partial charge in [-0.05, 0) is 50.4 Å². The van der Waals surface area contributed by atoms with Crippen LogP contribution in [0.25, 0.3) is 10.8 Å². The molecule has 2 aromatic carbocycles. The van der Waals surface area contributed by atoms with Crippen LogP contribution in [-0.4, -0.2) is 67.2 Å². The Morgan fingerprint density at radius 1 is 1.23 bits per heavy atom. The number of primary amides is 1. The summed E-state index contributed by atoms with van der Waals surface area (Å²) in [4.78, 5) is 27.6. The lowest BCUT2D eigenvalue weighted by atomic mass is 10.0. The number of benzene rings is 2. The molecule has 1 saturated heterocycles. The normalized spacial score (nSPS) is 18.0. The lowest BCUT2D eigenvalue weighted by molar-refractivity contribution is -0.116. The highest BCUT2D eigenvalue weighted by Crippen LogP contribution is 2.36. The first-order valence-corrected chi connectivity index (χ1v) is 12.4. The molecule has 3 aromatic rings. The average molecular weight is 495 g/mol. The summed E-state index contributed by atoms with van der Waals surface area (Å²) in [5.74, 6) is 0.303. The van der Waals surface area contributed by atoms with Gasteiger partial charge in [-0.1, -0.05) is 35.9 Å². The fourth-order valence-electron chi connectivity index (χ4n) is 5.18. The largest absolute Gasteiger partial charge is 0.462 e. The number of hydrogen-bond acceptors (Lipinski definition) is 7. The molecule has 8 nitrogen and oxygen atoms in total. The van der Waals surface area contributed by atoms with Crippen LogP contribution in [0.2, 0.25) is 5.02 Å². The number of likely N-dealkylation sites (tertiary alicyclic amines) is 1. The highest BCUT2D eigenvalue weighted by molar-refractivity contribution is 6.36. The second kappa shape index (κ2) is 9.87. The molecular formula is C26H31ClN6O2. The van der Waals surface area contributed by atoms with Crippen molar-refractivity contribution in [3.63, 3.8) is 0 Å². The zero-order valence-electron chi connectivity index (χ0n) is 20.2. The fourth-order valence-corrected chi connectivity index (χ4v) is 5.46. The minimum Gasteiger partial charge on any atom is -0.462 e. The Hall–Kier alpha value is -3.10. The van der Waals surface area contributed by atoms with Crippen molar-refractivity contribution in [3.05, 3.63) is 52.7 Å². The molecule has 0 bridgehead atoms. The van der Waals surface area contributed by atoms with E-state index in [1.807, 2.05) is 19.2 Å². The van der Waals surface area contributed by atoms with Gasteiger partial charge in [-0.3, -0.25) is 4.79 Å². The van der Waals surface area contributed by atoms with Gasteiger partial charge in [0.15, 0.2) is 0 Å². The van der Waals surface area contributed by atoms with Crippen molar-refractivity contribution in [2.24, 2.45) is 5.73 Å². The number of ether oxygens (including phenoxy) is 1. The smallest absolute Gasteiger partial charge is 0.318 e. The maximum Gasteiger partial charge on any atom is 0.318 e. The van der Waals surface area contributed by atoms with Crippen LogP contribution in [0.4, 0.5) is 11.5 Å². The first kappa shape index (κ1) is 23.6. The zero-order valence-corrected chi connectivity index (χ0v) is 21.0. The highest BCUT2D eigenvalue weighted by Gasteiger charge is 2.27. The van der Waals surface area contributed by atoms with Crippen LogP contribution < -0.4 is 20.3 Å². The van der Waals surface area contributed by atoms with E-state index in [1.165, 1.54) is 6.42 Å². The number of carbonyl (C=O) groups excluding carboxylic acids is 1. The van der Waals surface area contributed by atoms with E-state index in [0.717, 1.165) is 58.7 Å². The van der Waals surface area contributed by atoms with Gasteiger partial charge in [0.1, 0.15) is 12.4 Å². The van der Waals surface area contributed by atoms with Gasteiger partial charge < -0.3 is 25.2 Å². The van der Waals surface area contributed by atoms with E-state index in [0.29, 0.717) is 31.0 Å². The van der Waals surface area contributed by atoms with E-state index >= 15 is 0 Å². The number of rotatable bonds is 7. The minimum absolute atomic E-state index is 0.0803. The van der Waals surface area contributed by atoms with E-state index in [1.54, 1.807) is 4.90 Å². The molecule has 2 aliphatic heterocycles. The van der Waals surface area contributed by atoms with Gasteiger partial charge in [-0.2, -0.15) is 9.97 Å². The molecule has 1 amide bonds. The summed E-state index contributed by atoms with van der Waals surface area (Å²) in [6.07, 6.45) is 3.01. The van der Waals surface area contributed by atoms with E-state index in [2.05, 4.69) is 41.1 Å². The molecule has 3 heterocycles. The van der Waals surface area contributed by atoms with Gasteiger partial charge in [-0.15, -0.1) is 0 Å². The second-order valence-electron chi connectivity index (χ2n) is 9.45. The van der Waals surface area contributed by atoms with Crippen molar-refractivity contribution in [1.29, 1.82) is 0 Å². The molecule has 0 saturated carbocycles. The molecule has 35 heavy (non-hydrogen) atoms. The number of aromatic nitrogens is 2. The van der Waals surface area contributed by atoms with Gasteiger partial charge in [0.25, 0.3) is 0 Å². The highest BCUT2D eigenvalue weighted by atomic mass is 35.5. The number of carbonyl (C=O) groups is 1. The number of likely N-dealkylation sites (N-methyl/N-ethyl adjacent to an activating group) is 2. The van der Waals surface area contributed by atoms with E-state index in [9.17, 15) is 4.79 Å². The summed E-state index contributed by atoms with van der Waals surface area (Å²) >= 11 is 6.61. The minimum atomic E-state index is -0.405. The Kier molecular flexibility index (Phi) is 6.67. The summed E-state index contributed by atoms with van der Waals surface area (Å²) in [6, 6.07) is 12.9. The SMILES string of the molecule is CN(CC(N)=O)c1nc(OC[C@@H]2CCCN2C)nc2c1CCN(c1cccc3cccc(Cl)c13)C2. The molecule has 1 atom stereocenters. The summed E-state index contributed by atoms with van der Waals surface area (Å²) in [5.41, 5.74) is 8.50. The Bertz CT molecular complexity index is 1250. The maximum absolute atomic E-state index is 11.6. The topological polar surface area (TPSA) is 87.8 Å². The molecule has 5 rings (SSSR count). The molecule has 0 radical (unpaired) electrons. The average Bonchev–Trinajstić information content (AvgIpc) is 3.25. The summed E-state index contributed by atoms with van der Waals surface area (Å²) < 4.78 is 6.11. The standard InChI is InChI=1S/C26H31ClN6O2/c1-31-12-5-8-18(31)16-35-26-29-21-14-33(13-11-19(21)25(30-26)32(2)15-23(28)34)22-10-4-7-17-6-3-9-20(27)24(17)22/h3-4,6-7,9-10,18H,5,8,11-16H2,1-2H3,(H2,28,34)/t18-/m0/s1. The lowest BCUT2D eigenvalue weighted by Gasteiger charge is -2.33. The first-order chi connectivity index (χ1) is 16.9. The van der Waals surface area contributed by atoms with Gasteiger partial charge >= 0.3 is 6.01 Å². The van der Waals surface area contributed by atoms with Crippen LogP contribution in [0.15, 0.2) is 36.4 Å². The molecule has 0 spiro atoms. The molecule has 0 unspecified atom stereocenters. The Balaban J connectivity index is 1.48. The second-order valence-corrected chi connectivity index (χ2v) is 9.86. The zero-order chi connectivity index (χ0) is 24.5. The van der Waals surface area contributed by atoms with Crippen molar-refractivity contribution >= 4 is 39.8 Å². The van der Waals surface area contributed by atoms with Crippen molar-refractivity contribution in [2.75, 3.05) is 50.1 Å². The molecular weight excluding hydrogens is 464 g/mol. The number of nitrogens with two attached hydrogens (primary N) is 1. The van der Waals surface area contributed by atoms with E-state index in [-0.39, 0.29) is 6.54 Å². The van der Waals surface area contributed by atoms with Gasteiger partial charge in [0.2, 0.25) is 5.91 Å². The molecule has 9 heteroatoms. The number of fused-ring (bicyclic) bond motifs is 2. The van der Waals surface area contributed by atoms with Crippen molar-refractivity contribution in [1.82, 2.24) is 14.9 Å². The molecule has 1 fully saturated rings. The third-order valence-electron chi connectivity index (χ3n) is 7.03. The molecule has 2 N–H and O–H groups in total. The van der Waals surface area contributed by atoms with Crippen LogP contribution in [-0.2, 0) is 17.8 Å². The van der Waals surface area contributed by atoms with Gasteiger partial charge in [-0.25, -0.2) is 0 Å². The van der Waals surface area contributed by atoms with Crippen LogP contribution in [0.5, 0.6) is 6.01 Å². The summed E-state index contributed by atoms with van der Waals surface area (Å²) in [6.45, 7) is 3.08. The Labute approximate surface area is 210 Å². The lowest BCUT2D eigenvalue weighted by Crippen LogP contribution is -2.36. The third kappa shape index (κ3) is 4.86. The quantitative estimate of drug-likeness (QED) is 0.539. The number of hydrogen-bond donors (Lipinski definition) is 1. The summed E-state index contributed by atoms with van der Waals surface area (Å²) in [7, 11) is 3.95. The van der Waals surface area contributed by atoms with E-state index < -0.39 is 5.91 Å². The van der Waals surface area contributed by atoms with Crippen LogP contribution in [0.1, 0.15) is 24.1 Å². The van der Waals surface area contributed by atoms with Gasteiger partial charge in [0, 0.05) is 36.3 Å². The maximum atomic E-state index is 11.6. The number of anilines is 2. The Morgan fingerprint density at radius 2 is 2.03 bits per heavy atom. The number of amides is 1. The Morgan fingerprint density at radius 3 is 2.77 bits per heavy atom. The van der Waals surface area contributed by atoms with E-state index in [4.69, 9.17) is 32.0 Å². The predicted octanol–water partition coefficient (Wildman–Crippen LogP) is 3.24. The molecule has 184 valence electrons. The monoisotopic (exact) mass is 494 g/mol. The third-order valence-corrected chi connectivity index (χ3v) is 7.34.